The van der Waals surface area contributed by atoms with Crippen molar-refractivity contribution in [1.82, 2.24) is 14.5 Å². The van der Waals surface area contributed by atoms with E-state index in [1.807, 2.05) is 0 Å². The summed E-state index contributed by atoms with van der Waals surface area (Å²) in [5.41, 5.74) is 0.359. The zero-order chi connectivity index (χ0) is 17.1. The molecular weight excluding hydrogens is 310 g/mol. The standard InChI is InChI=1S/C17H15N3O4/c1-3-24-17(22)13-9-11-5-4-8-18-15(11)20(16(13)21)12-6-7-14(23-2)19-10-12/h4-10H,3H2,1-2H3. The van der Waals surface area contributed by atoms with E-state index in [4.69, 9.17) is 9.47 Å². The minimum absolute atomic E-state index is 0.0480. The Bertz CT molecular complexity index is 948. The average molecular weight is 325 g/mol. The number of hydrogen-bond acceptors (Lipinski definition) is 6. The third-order valence-electron chi connectivity index (χ3n) is 3.45. The highest BCUT2D eigenvalue weighted by Gasteiger charge is 2.18. The lowest BCUT2D eigenvalue weighted by Gasteiger charge is -2.11. The Morgan fingerprint density at radius 3 is 2.75 bits per heavy atom. The van der Waals surface area contributed by atoms with E-state index >= 15 is 0 Å². The van der Waals surface area contributed by atoms with E-state index in [-0.39, 0.29) is 12.2 Å². The summed E-state index contributed by atoms with van der Waals surface area (Å²) in [6.45, 7) is 1.87. The summed E-state index contributed by atoms with van der Waals surface area (Å²) in [4.78, 5) is 33.3. The predicted octanol–water partition coefficient (Wildman–Crippen LogP) is 1.97. The van der Waals surface area contributed by atoms with Gasteiger partial charge in [-0.15, -0.1) is 0 Å². The van der Waals surface area contributed by atoms with Gasteiger partial charge in [-0.05, 0) is 31.2 Å². The van der Waals surface area contributed by atoms with E-state index in [1.54, 1.807) is 37.4 Å². The molecule has 3 aromatic heterocycles. The van der Waals surface area contributed by atoms with Crippen molar-refractivity contribution in [3.63, 3.8) is 0 Å². The van der Waals surface area contributed by atoms with Crippen LogP contribution in [0.1, 0.15) is 17.3 Å². The maximum absolute atomic E-state index is 12.8. The molecule has 0 N–H and O–H groups in total. The number of carbonyl (C=O) groups is 1. The van der Waals surface area contributed by atoms with E-state index in [2.05, 4.69) is 9.97 Å². The van der Waals surface area contributed by atoms with E-state index in [9.17, 15) is 9.59 Å². The van der Waals surface area contributed by atoms with E-state index in [1.165, 1.54) is 23.9 Å². The van der Waals surface area contributed by atoms with Gasteiger partial charge in [-0.3, -0.25) is 9.36 Å². The van der Waals surface area contributed by atoms with Crippen LogP contribution in [-0.4, -0.2) is 34.2 Å². The molecular formula is C17H15N3O4. The number of pyridine rings is 3. The van der Waals surface area contributed by atoms with Crippen LogP contribution in [0, 0.1) is 0 Å². The van der Waals surface area contributed by atoms with Crippen LogP contribution in [0.3, 0.4) is 0 Å². The summed E-state index contributed by atoms with van der Waals surface area (Å²) in [7, 11) is 1.51. The number of ether oxygens (including phenoxy) is 2. The zero-order valence-corrected chi connectivity index (χ0v) is 13.2. The highest BCUT2D eigenvalue weighted by atomic mass is 16.5. The van der Waals surface area contributed by atoms with Gasteiger partial charge in [0.25, 0.3) is 5.56 Å². The molecule has 0 spiro atoms. The van der Waals surface area contributed by atoms with Crippen LogP contribution in [0.5, 0.6) is 5.88 Å². The van der Waals surface area contributed by atoms with Crippen LogP contribution < -0.4 is 10.3 Å². The van der Waals surface area contributed by atoms with Crippen LogP contribution in [0.25, 0.3) is 16.7 Å². The Morgan fingerprint density at radius 1 is 1.25 bits per heavy atom. The van der Waals surface area contributed by atoms with E-state index < -0.39 is 11.5 Å². The predicted molar refractivity (Wildman–Crippen MR) is 87.6 cm³/mol. The van der Waals surface area contributed by atoms with Crippen molar-refractivity contribution in [2.45, 2.75) is 6.92 Å². The summed E-state index contributed by atoms with van der Waals surface area (Å²) in [6.07, 6.45) is 3.07. The minimum atomic E-state index is -0.663. The second-order valence-corrected chi connectivity index (χ2v) is 4.89. The number of methoxy groups -OCH3 is 1. The van der Waals surface area contributed by atoms with E-state index in [0.717, 1.165) is 0 Å². The van der Waals surface area contributed by atoms with Crippen LogP contribution in [0.4, 0.5) is 0 Å². The molecule has 0 amide bonds. The highest BCUT2D eigenvalue weighted by molar-refractivity contribution is 5.93. The summed E-state index contributed by atoms with van der Waals surface area (Å²) < 4.78 is 11.3. The molecule has 7 heteroatoms. The Hall–Kier alpha value is -3.22. The molecule has 0 aliphatic heterocycles. The lowest BCUT2D eigenvalue weighted by atomic mass is 10.2. The lowest BCUT2D eigenvalue weighted by molar-refractivity contribution is 0.0524. The van der Waals surface area contributed by atoms with Crippen molar-refractivity contribution in [1.29, 1.82) is 0 Å². The number of aromatic nitrogens is 3. The highest BCUT2D eigenvalue weighted by Crippen LogP contribution is 2.17. The number of fused-ring (bicyclic) bond motifs is 1. The van der Waals surface area contributed by atoms with Gasteiger partial charge in [0, 0.05) is 17.6 Å². The van der Waals surface area contributed by atoms with Gasteiger partial charge in [0.05, 0.1) is 25.6 Å². The molecule has 0 fully saturated rings. The molecule has 3 rings (SSSR count). The minimum Gasteiger partial charge on any atom is -0.481 e. The van der Waals surface area contributed by atoms with Gasteiger partial charge in [0.15, 0.2) is 0 Å². The van der Waals surface area contributed by atoms with Crippen LogP contribution in [-0.2, 0) is 4.74 Å². The number of rotatable bonds is 4. The van der Waals surface area contributed by atoms with E-state index in [0.29, 0.717) is 22.6 Å². The molecule has 3 aromatic rings. The number of nitrogens with zero attached hydrogens (tertiary/aromatic N) is 3. The third kappa shape index (κ3) is 2.71. The number of carbonyl (C=O) groups excluding carboxylic acids is 1. The second-order valence-electron chi connectivity index (χ2n) is 4.89. The first-order valence-corrected chi connectivity index (χ1v) is 7.34. The van der Waals surface area contributed by atoms with Crippen molar-refractivity contribution in [3.8, 4) is 11.6 Å². The maximum atomic E-state index is 12.8. The Kier molecular flexibility index (Phi) is 4.24. The van der Waals surface area contributed by atoms with Gasteiger partial charge in [-0.2, -0.15) is 0 Å². The SMILES string of the molecule is CCOC(=O)c1cc2cccnc2n(-c2ccc(OC)nc2)c1=O. The second kappa shape index (κ2) is 6.49. The summed E-state index contributed by atoms with van der Waals surface area (Å²) in [5, 5.41) is 0.649. The fourth-order valence-electron chi connectivity index (χ4n) is 2.36. The molecule has 0 aliphatic rings. The number of hydrogen-bond donors (Lipinski definition) is 0. The Labute approximate surface area is 137 Å². The van der Waals surface area contributed by atoms with Crippen LogP contribution in [0.15, 0.2) is 47.5 Å². The number of esters is 1. The molecule has 0 radical (unpaired) electrons. The van der Waals surface area contributed by atoms with Gasteiger partial charge in [-0.1, -0.05) is 0 Å². The van der Waals surface area contributed by atoms with Gasteiger partial charge in [-0.25, -0.2) is 14.8 Å². The normalized spacial score (nSPS) is 10.6. The molecule has 0 bridgehead atoms. The van der Waals surface area contributed by atoms with Crippen molar-refractivity contribution in [3.05, 3.63) is 58.6 Å². The quantitative estimate of drug-likeness (QED) is 0.682. The van der Waals surface area contributed by atoms with Crippen LogP contribution >= 0.6 is 0 Å². The molecule has 24 heavy (non-hydrogen) atoms. The Balaban J connectivity index is 2.29. The van der Waals surface area contributed by atoms with Crippen molar-refractivity contribution < 1.29 is 14.3 Å². The first kappa shape index (κ1) is 15.7. The first-order chi connectivity index (χ1) is 11.7. The summed E-state index contributed by atoms with van der Waals surface area (Å²) in [5.74, 6) is -0.242. The molecule has 7 nitrogen and oxygen atoms in total. The summed E-state index contributed by atoms with van der Waals surface area (Å²) in [6, 6.07) is 8.32. The van der Waals surface area contributed by atoms with Crippen molar-refractivity contribution in [2.75, 3.05) is 13.7 Å². The molecule has 0 unspecified atom stereocenters. The fraction of sp³-hybridized carbons (Fsp3) is 0.176. The lowest BCUT2D eigenvalue weighted by Crippen LogP contribution is -2.27. The van der Waals surface area contributed by atoms with Crippen molar-refractivity contribution in [2.24, 2.45) is 0 Å². The molecule has 0 saturated heterocycles. The van der Waals surface area contributed by atoms with Gasteiger partial charge in [0.2, 0.25) is 5.88 Å². The summed E-state index contributed by atoms with van der Waals surface area (Å²) >= 11 is 0. The molecule has 0 aliphatic carbocycles. The van der Waals surface area contributed by atoms with Gasteiger partial charge in [0.1, 0.15) is 11.2 Å². The molecule has 122 valence electrons. The Morgan fingerprint density at radius 2 is 2.08 bits per heavy atom. The molecule has 0 aromatic carbocycles. The molecule has 0 saturated carbocycles. The van der Waals surface area contributed by atoms with Gasteiger partial charge >= 0.3 is 5.97 Å². The fourth-order valence-corrected chi connectivity index (χ4v) is 2.36. The topological polar surface area (TPSA) is 83.3 Å². The monoisotopic (exact) mass is 325 g/mol. The molecule has 3 heterocycles. The largest absolute Gasteiger partial charge is 0.481 e. The zero-order valence-electron chi connectivity index (χ0n) is 13.2. The maximum Gasteiger partial charge on any atom is 0.343 e. The smallest absolute Gasteiger partial charge is 0.343 e. The third-order valence-corrected chi connectivity index (χ3v) is 3.45. The van der Waals surface area contributed by atoms with Crippen LogP contribution in [0.2, 0.25) is 0 Å². The van der Waals surface area contributed by atoms with Gasteiger partial charge < -0.3 is 9.47 Å². The first-order valence-electron chi connectivity index (χ1n) is 7.34. The molecule has 0 atom stereocenters. The van der Waals surface area contributed by atoms with Crippen molar-refractivity contribution >= 4 is 17.0 Å². The average Bonchev–Trinajstić information content (AvgIpc) is 2.61.